The molecule has 0 atom stereocenters. The number of fused-ring (bicyclic) bond motifs is 1. The minimum absolute atomic E-state index is 0.168. The first-order valence-electron chi connectivity index (χ1n) is 9.26. The van der Waals surface area contributed by atoms with Gasteiger partial charge in [0.1, 0.15) is 5.82 Å². The summed E-state index contributed by atoms with van der Waals surface area (Å²) in [5.74, 6) is 0.213. The molecule has 0 saturated heterocycles. The van der Waals surface area contributed by atoms with E-state index in [1.807, 2.05) is 0 Å². The second-order valence-corrected chi connectivity index (χ2v) is 8.52. The zero-order chi connectivity index (χ0) is 22.9. The largest absolute Gasteiger partial charge is 0.416 e. The van der Waals surface area contributed by atoms with Gasteiger partial charge in [0.2, 0.25) is 0 Å². The summed E-state index contributed by atoms with van der Waals surface area (Å²) in [5.41, 5.74) is -0.624. The first kappa shape index (κ1) is 21.6. The number of nitrogens with one attached hydrogen (secondary N) is 1. The van der Waals surface area contributed by atoms with E-state index >= 15 is 4.48 Å². The van der Waals surface area contributed by atoms with Gasteiger partial charge in [-0.2, -0.15) is 21.6 Å². The van der Waals surface area contributed by atoms with Gasteiger partial charge in [0.05, 0.1) is 21.7 Å². The summed E-state index contributed by atoms with van der Waals surface area (Å²) in [6.45, 7) is 0. The Balaban J connectivity index is 1.68. The van der Waals surface area contributed by atoms with Crippen molar-refractivity contribution in [2.45, 2.75) is 11.1 Å². The molecule has 3 aromatic carbocycles. The normalized spacial score (nSPS) is 12.0. The summed E-state index contributed by atoms with van der Waals surface area (Å²) < 4.78 is 78.7. The minimum atomic E-state index is -4.49. The van der Waals surface area contributed by atoms with Crippen LogP contribution in [-0.4, -0.2) is 13.4 Å². The van der Waals surface area contributed by atoms with Gasteiger partial charge in [0.25, 0.3) is 10.0 Å². The summed E-state index contributed by atoms with van der Waals surface area (Å²) >= 11 is 0. The molecule has 1 heterocycles. The van der Waals surface area contributed by atoms with Gasteiger partial charge in [0.15, 0.2) is 0 Å². The van der Waals surface area contributed by atoms with Gasteiger partial charge < -0.3 is 5.32 Å². The van der Waals surface area contributed by atoms with Gasteiger partial charge >= 0.3 is 6.18 Å². The van der Waals surface area contributed by atoms with E-state index in [1.54, 1.807) is 12.1 Å². The lowest BCUT2D eigenvalue weighted by Gasteiger charge is -2.16. The fourth-order valence-electron chi connectivity index (χ4n) is 3.10. The fraction of sp³-hybridized carbons (Fsp3) is 0.0455. The Morgan fingerprint density at radius 3 is 2.28 bits per heavy atom. The molecule has 1 aromatic heterocycles. The van der Waals surface area contributed by atoms with Crippen molar-refractivity contribution in [2.75, 3.05) is 9.84 Å². The van der Waals surface area contributed by atoms with Crippen LogP contribution in [0.2, 0.25) is 0 Å². The van der Waals surface area contributed by atoms with Crippen LogP contribution < -0.4 is 9.84 Å². The van der Waals surface area contributed by atoms with E-state index < -0.39 is 21.8 Å². The minimum Gasteiger partial charge on any atom is -0.340 e. The molecular formula is C22H15F4N3O2S. The van der Waals surface area contributed by atoms with E-state index in [4.69, 9.17) is 0 Å². The molecule has 10 heteroatoms. The Hall–Kier alpha value is -3.66. The van der Waals surface area contributed by atoms with Crippen molar-refractivity contribution in [3.63, 3.8) is 0 Å². The summed E-state index contributed by atoms with van der Waals surface area (Å²) in [5, 5.41) is 2.99. The molecule has 0 bridgehead atoms. The number of hydrogen-bond donors (Lipinski definition) is 1. The van der Waals surface area contributed by atoms with Crippen LogP contribution in [0.3, 0.4) is 0 Å². The number of hydrogen-bond acceptors (Lipinski definition) is 4. The monoisotopic (exact) mass is 461 g/mol. The highest BCUT2D eigenvalue weighted by atomic mass is 32.2. The van der Waals surface area contributed by atoms with Crippen LogP contribution in [0.4, 0.5) is 34.8 Å². The molecule has 0 aliphatic heterocycles. The molecule has 32 heavy (non-hydrogen) atoms. The topological polar surface area (TPSA) is 62.3 Å². The highest BCUT2D eigenvalue weighted by molar-refractivity contribution is 7.92. The molecular weight excluding hydrogens is 446 g/mol. The quantitative estimate of drug-likeness (QED) is 0.289. The van der Waals surface area contributed by atoms with Crippen molar-refractivity contribution >= 4 is 38.1 Å². The first-order chi connectivity index (χ1) is 15.2. The maximum atomic E-state index is 15.0. The molecule has 0 aliphatic carbocycles. The van der Waals surface area contributed by atoms with Crippen LogP contribution in [0, 0.1) is 0 Å². The molecule has 0 amide bonds. The van der Waals surface area contributed by atoms with Gasteiger partial charge in [-0.3, -0.25) is 0 Å². The molecule has 0 spiro atoms. The van der Waals surface area contributed by atoms with Crippen LogP contribution in [0.15, 0.2) is 89.8 Å². The standard InChI is InChI=1S/C22H15F4N3O2S/c23-22(24,25)15-6-4-7-16(14-15)27-21-13-12-18-19(28-21)10-5-11-20(18)29(26)32(30,31)17-8-2-1-3-9-17/h1-14H,(H,27,28). The van der Waals surface area contributed by atoms with E-state index in [-0.39, 0.29) is 37.5 Å². The van der Waals surface area contributed by atoms with Crippen molar-refractivity contribution in [2.24, 2.45) is 0 Å². The Morgan fingerprint density at radius 2 is 1.56 bits per heavy atom. The number of nitrogens with zero attached hydrogens (tertiary/aromatic N) is 2. The third-order valence-electron chi connectivity index (χ3n) is 4.61. The van der Waals surface area contributed by atoms with Gasteiger partial charge in [-0.1, -0.05) is 39.3 Å². The number of benzene rings is 3. The van der Waals surface area contributed by atoms with Gasteiger partial charge in [-0.15, -0.1) is 0 Å². The lowest BCUT2D eigenvalue weighted by Crippen LogP contribution is -2.22. The molecule has 0 aliphatic rings. The van der Waals surface area contributed by atoms with Crippen molar-refractivity contribution < 1.29 is 26.1 Å². The Labute approximate surface area is 180 Å². The number of pyridine rings is 1. The van der Waals surface area contributed by atoms with Gasteiger partial charge in [0, 0.05) is 11.1 Å². The predicted molar refractivity (Wildman–Crippen MR) is 114 cm³/mol. The highest BCUT2D eigenvalue weighted by Crippen LogP contribution is 2.33. The Morgan fingerprint density at radius 1 is 0.844 bits per heavy atom. The van der Waals surface area contributed by atoms with Crippen LogP contribution in [-0.2, 0) is 16.2 Å². The molecule has 0 radical (unpaired) electrons. The lowest BCUT2D eigenvalue weighted by molar-refractivity contribution is -0.137. The average molecular weight is 461 g/mol. The number of sulfonamides is 1. The van der Waals surface area contributed by atoms with E-state index in [9.17, 15) is 21.6 Å². The van der Waals surface area contributed by atoms with Gasteiger partial charge in [-0.25, -0.2) is 4.98 Å². The predicted octanol–water partition coefficient (Wildman–Crippen LogP) is 6.08. The molecule has 164 valence electrons. The third kappa shape index (κ3) is 4.22. The Kier molecular flexibility index (Phi) is 5.47. The van der Waals surface area contributed by atoms with Crippen LogP contribution in [0.25, 0.3) is 10.9 Å². The smallest absolute Gasteiger partial charge is 0.340 e. The zero-order valence-electron chi connectivity index (χ0n) is 16.2. The van der Waals surface area contributed by atoms with Crippen LogP contribution >= 0.6 is 0 Å². The van der Waals surface area contributed by atoms with Crippen molar-refractivity contribution in [1.29, 1.82) is 0 Å². The number of anilines is 3. The van der Waals surface area contributed by atoms with Crippen molar-refractivity contribution in [3.8, 4) is 0 Å². The third-order valence-corrected chi connectivity index (χ3v) is 6.10. The van der Waals surface area contributed by atoms with Crippen molar-refractivity contribution in [3.05, 3.63) is 90.5 Å². The van der Waals surface area contributed by atoms with E-state index in [0.29, 0.717) is 0 Å². The highest BCUT2D eigenvalue weighted by Gasteiger charge is 2.30. The average Bonchev–Trinajstić information content (AvgIpc) is 2.78. The maximum absolute atomic E-state index is 15.0. The number of halogens is 4. The van der Waals surface area contributed by atoms with E-state index in [0.717, 1.165) is 12.1 Å². The number of aromatic nitrogens is 1. The zero-order valence-corrected chi connectivity index (χ0v) is 17.0. The summed E-state index contributed by atoms with van der Waals surface area (Å²) in [6, 6.07) is 18.9. The fourth-order valence-corrected chi connectivity index (χ4v) is 4.20. The molecule has 4 aromatic rings. The lowest BCUT2D eigenvalue weighted by atomic mass is 10.1. The van der Waals surface area contributed by atoms with Crippen LogP contribution in [0.5, 0.6) is 0 Å². The second-order valence-electron chi connectivity index (χ2n) is 6.78. The molecule has 5 nitrogen and oxygen atoms in total. The number of alkyl halides is 3. The van der Waals surface area contributed by atoms with E-state index in [2.05, 4.69) is 10.3 Å². The molecule has 0 unspecified atom stereocenters. The second kappa shape index (κ2) is 8.12. The summed E-state index contributed by atoms with van der Waals surface area (Å²) in [4.78, 5) is 4.07. The molecule has 0 fully saturated rings. The number of rotatable bonds is 5. The molecule has 4 rings (SSSR count). The van der Waals surface area contributed by atoms with Crippen LogP contribution in [0.1, 0.15) is 5.56 Å². The maximum Gasteiger partial charge on any atom is 0.416 e. The SMILES string of the molecule is O=S(=O)(c1ccccc1)N(F)c1cccc2nc(Nc3cccc(C(F)(F)F)c3)ccc12. The van der Waals surface area contributed by atoms with E-state index in [1.165, 1.54) is 60.7 Å². The summed E-state index contributed by atoms with van der Waals surface area (Å²) in [6.07, 6.45) is -4.49. The molecule has 0 saturated carbocycles. The van der Waals surface area contributed by atoms with Gasteiger partial charge in [-0.05, 0) is 54.6 Å². The Bertz CT molecular complexity index is 1380. The summed E-state index contributed by atoms with van der Waals surface area (Å²) in [7, 11) is -4.44. The van der Waals surface area contributed by atoms with Crippen molar-refractivity contribution in [1.82, 2.24) is 4.98 Å². The first-order valence-corrected chi connectivity index (χ1v) is 10.7. The molecule has 1 N–H and O–H groups in total.